The predicted molar refractivity (Wildman–Crippen MR) is 87.1 cm³/mol. The van der Waals surface area contributed by atoms with Crippen molar-refractivity contribution in [3.8, 4) is 0 Å². The summed E-state index contributed by atoms with van der Waals surface area (Å²) >= 11 is 0. The van der Waals surface area contributed by atoms with Gasteiger partial charge in [-0.25, -0.2) is 4.98 Å². The molecule has 2 aromatic rings. The minimum atomic E-state index is -0.621. The number of aromatic nitrogens is 2. The zero-order chi connectivity index (χ0) is 16.8. The Morgan fingerprint density at radius 1 is 1.39 bits per heavy atom. The molecule has 6 heteroatoms. The van der Waals surface area contributed by atoms with Gasteiger partial charge in [0.15, 0.2) is 0 Å². The third kappa shape index (κ3) is 2.50. The lowest BCUT2D eigenvalue weighted by atomic mass is 9.85. The van der Waals surface area contributed by atoms with Crippen molar-refractivity contribution < 1.29 is 9.59 Å². The van der Waals surface area contributed by atoms with Crippen LogP contribution >= 0.6 is 0 Å². The van der Waals surface area contributed by atoms with Gasteiger partial charge in [0.2, 0.25) is 5.91 Å². The molecular weight excluding hydrogens is 292 g/mol. The molecule has 0 atom stereocenters. The van der Waals surface area contributed by atoms with Crippen molar-refractivity contribution in [1.29, 1.82) is 0 Å². The second kappa shape index (κ2) is 5.22. The molecule has 1 aliphatic heterocycles. The van der Waals surface area contributed by atoms with Crippen molar-refractivity contribution in [2.45, 2.75) is 25.8 Å². The van der Waals surface area contributed by atoms with Gasteiger partial charge in [0.25, 0.3) is 5.91 Å². The van der Waals surface area contributed by atoms with E-state index in [0.29, 0.717) is 12.1 Å². The van der Waals surface area contributed by atoms with Crippen molar-refractivity contribution in [2.75, 3.05) is 12.4 Å². The quantitative estimate of drug-likeness (QED) is 0.941. The lowest BCUT2D eigenvalue weighted by Crippen LogP contribution is -2.29. The van der Waals surface area contributed by atoms with Gasteiger partial charge in [-0.1, -0.05) is 0 Å². The van der Waals surface area contributed by atoms with E-state index in [1.54, 1.807) is 30.3 Å². The molecule has 0 fully saturated rings. The van der Waals surface area contributed by atoms with Crippen molar-refractivity contribution in [3.63, 3.8) is 0 Å². The van der Waals surface area contributed by atoms with Crippen LogP contribution in [0.25, 0.3) is 0 Å². The SMILES string of the molecule is CN(Cc1nccn1C)C(=O)c1ccc2c(c1)C(C)(C)C(=O)N2. The molecule has 1 aromatic carbocycles. The number of carbonyl (C=O) groups is 2. The molecule has 0 saturated carbocycles. The predicted octanol–water partition coefficient (Wildman–Crippen LogP) is 1.92. The first-order chi connectivity index (χ1) is 10.8. The van der Waals surface area contributed by atoms with Crippen molar-refractivity contribution in [1.82, 2.24) is 14.5 Å². The summed E-state index contributed by atoms with van der Waals surface area (Å²) in [7, 11) is 3.65. The normalized spacial score (nSPS) is 15.2. The number of benzene rings is 1. The third-order valence-corrected chi connectivity index (χ3v) is 4.40. The Morgan fingerprint density at radius 2 is 2.13 bits per heavy atom. The lowest BCUT2D eigenvalue weighted by molar-refractivity contribution is -0.119. The van der Waals surface area contributed by atoms with Gasteiger partial charge < -0.3 is 14.8 Å². The van der Waals surface area contributed by atoms with E-state index in [1.165, 1.54) is 0 Å². The van der Waals surface area contributed by atoms with Gasteiger partial charge in [-0.05, 0) is 37.6 Å². The van der Waals surface area contributed by atoms with E-state index in [-0.39, 0.29) is 11.8 Å². The number of fused-ring (bicyclic) bond motifs is 1. The van der Waals surface area contributed by atoms with Gasteiger partial charge >= 0.3 is 0 Å². The number of imidazole rings is 1. The van der Waals surface area contributed by atoms with Crippen LogP contribution in [0.15, 0.2) is 30.6 Å². The summed E-state index contributed by atoms with van der Waals surface area (Å²) in [5.41, 5.74) is 1.59. The Kier molecular flexibility index (Phi) is 3.47. The van der Waals surface area contributed by atoms with Crippen LogP contribution in [0.2, 0.25) is 0 Å². The summed E-state index contributed by atoms with van der Waals surface area (Å²) in [6.45, 7) is 4.15. The molecule has 0 spiro atoms. The van der Waals surface area contributed by atoms with E-state index in [9.17, 15) is 9.59 Å². The first kappa shape index (κ1) is 15.3. The van der Waals surface area contributed by atoms with E-state index >= 15 is 0 Å². The Labute approximate surface area is 135 Å². The van der Waals surface area contributed by atoms with Gasteiger partial charge in [-0.3, -0.25) is 9.59 Å². The Balaban J connectivity index is 1.85. The van der Waals surface area contributed by atoms with Gasteiger partial charge in [0.1, 0.15) is 5.82 Å². The number of hydrogen-bond donors (Lipinski definition) is 1. The Morgan fingerprint density at radius 3 is 2.78 bits per heavy atom. The highest BCUT2D eigenvalue weighted by Gasteiger charge is 2.38. The van der Waals surface area contributed by atoms with E-state index in [4.69, 9.17) is 0 Å². The van der Waals surface area contributed by atoms with Crippen molar-refractivity contribution in [2.24, 2.45) is 7.05 Å². The molecule has 0 saturated heterocycles. The van der Waals surface area contributed by atoms with Crippen LogP contribution in [0.3, 0.4) is 0 Å². The fourth-order valence-corrected chi connectivity index (χ4v) is 2.76. The van der Waals surface area contributed by atoms with E-state index < -0.39 is 5.41 Å². The smallest absolute Gasteiger partial charge is 0.254 e. The number of nitrogens with one attached hydrogen (secondary N) is 1. The molecule has 1 aliphatic rings. The maximum Gasteiger partial charge on any atom is 0.254 e. The maximum atomic E-state index is 12.7. The molecule has 120 valence electrons. The average Bonchev–Trinajstić information content (AvgIpc) is 3.00. The molecule has 23 heavy (non-hydrogen) atoms. The van der Waals surface area contributed by atoms with Crippen LogP contribution in [0.5, 0.6) is 0 Å². The summed E-state index contributed by atoms with van der Waals surface area (Å²) < 4.78 is 1.89. The van der Waals surface area contributed by atoms with Crippen LogP contribution in [-0.4, -0.2) is 33.3 Å². The number of amides is 2. The standard InChI is InChI=1S/C17H20N4O2/c1-17(2)12-9-11(5-6-13(12)19-16(17)23)15(22)21(4)10-14-18-7-8-20(14)3/h5-9H,10H2,1-4H3,(H,19,23). The fraction of sp³-hybridized carbons (Fsp3) is 0.353. The van der Waals surface area contributed by atoms with Crippen molar-refractivity contribution in [3.05, 3.63) is 47.5 Å². The minimum Gasteiger partial charge on any atom is -0.337 e. The molecule has 2 amide bonds. The zero-order valence-electron chi connectivity index (χ0n) is 13.8. The zero-order valence-corrected chi connectivity index (χ0v) is 13.8. The molecule has 3 rings (SSSR count). The number of nitrogens with zero attached hydrogens (tertiary/aromatic N) is 3. The van der Waals surface area contributed by atoms with E-state index in [2.05, 4.69) is 10.3 Å². The molecule has 0 radical (unpaired) electrons. The van der Waals surface area contributed by atoms with Crippen LogP contribution in [0.1, 0.15) is 35.6 Å². The molecule has 6 nitrogen and oxygen atoms in total. The number of carbonyl (C=O) groups excluding carboxylic acids is 2. The first-order valence-corrected chi connectivity index (χ1v) is 7.48. The molecule has 0 unspecified atom stereocenters. The highest BCUT2D eigenvalue weighted by Crippen LogP contribution is 2.37. The molecule has 1 N–H and O–H groups in total. The molecule has 0 aliphatic carbocycles. The van der Waals surface area contributed by atoms with Gasteiger partial charge in [-0.15, -0.1) is 0 Å². The molecular formula is C17H20N4O2. The van der Waals surface area contributed by atoms with E-state index in [0.717, 1.165) is 17.1 Å². The topological polar surface area (TPSA) is 67.2 Å². The largest absolute Gasteiger partial charge is 0.337 e. The number of aryl methyl sites for hydroxylation is 1. The summed E-state index contributed by atoms with van der Waals surface area (Å²) in [6.07, 6.45) is 3.56. The number of anilines is 1. The summed E-state index contributed by atoms with van der Waals surface area (Å²) in [6, 6.07) is 5.35. The maximum absolute atomic E-state index is 12.7. The third-order valence-electron chi connectivity index (χ3n) is 4.40. The average molecular weight is 312 g/mol. The number of rotatable bonds is 3. The highest BCUT2D eigenvalue weighted by atomic mass is 16.2. The Hall–Kier alpha value is -2.63. The number of hydrogen-bond acceptors (Lipinski definition) is 3. The van der Waals surface area contributed by atoms with Gasteiger partial charge in [-0.2, -0.15) is 0 Å². The highest BCUT2D eigenvalue weighted by molar-refractivity contribution is 6.07. The minimum absolute atomic E-state index is 0.0431. The van der Waals surface area contributed by atoms with Crippen LogP contribution in [0.4, 0.5) is 5.69 Å². The second-order valence-corrected chi connectivity index (χ2v) is 6.46. The van der Waals surface area contributed by atoms with Crippen molar-refractivity contribution >= 4 is 17.5 Å². The van der Waals surface area contributed by atoms with Gasteiger partial charge in [0, 0.05) is 37.7 Å². The molecule has 2 heterocycles. The molecule has 0 bridgehead atoms. The summed E-state index contributed by atoms with van der Waals surface area (Å²) in [4.78, 5) is 30.5. The first-order valence-electron chi connectivity index (χ1n) is 7.48. The fourth-order valence-electron chi connectivity index (χ4n) is 2.76. The molecule has 1 aromatic heterocycles. The summed E-state index contributed by atoms with van der Waals surface area (Å²) in [5.74, 6) is 0.684. The van der Waals surface area contributed by atoms with Crippen LogP contribution in [-0.2, 0) is 23.8 Å². The van der Waals surface area contributed by atoms with Gasteiger partial charge in [0.05, 0.1) is 12.0 Å². The van der Waals surface area contributed by atoms with Crippen LogP contribution < -0.4 is 5.32 Å². The van der Waals surface area contributed by atoms with E-state index in [1.807, 2.05) is 37.7 Å². The Bertz CT molecular complexity index is 792. The lowest BCUT2D eigenvalue weighted by Gasteiger charge is -2.19. The summed E-state index contributed by atoms with van der Waals surface area (Å²) in [5, 5.41) is 2.85. The van der Waals surface area contributed by atoms with Crippen LogP contribution in [0, 0.1) is 0 Å². The monoisotopic (exact) mass is 312 g/mol. The second-order valence-electron chi connectivity index (χ2n) is 6.46.